The van der Waals surface area contributed by atoms with Crippen molar-refractivity contribution in [2.75, 3.05) is 0 Å². The number of aryl methyl sites for hydroxylation is 1. The van der Waals surface area contributed by atoms with Crippen molar-refractivity contribution < 1.29 is 18.7 Å². The van der Waals surface area contributed by atoms with Crippen LogP contribution in [-0.4, -0.2) is 11.7 Å². The number of hydrogen-bond acceptors (Lipinski definition) is 5. The van der Waals surface area contributed by atoms with Gasteiger partial charge in [-0.1, -0.05) is 12.1 Å². The van der Waals surface area contributed by atoms with E-state index in [-0.39, 0.29) is 18.2 Å². The van der Waals surface area contributed by atoms with E-state index in [0.29, 0.717) is 22.6 Å². The van der Waals surface area contributed by atoms with Gasteiger partial charge in [-0.3, -0.25) is 15.0 Å². The third-order valence-electron chi connectivity index (χ3n) is 2.93. The summed E-state index contributed by atoms with van der Waals surface area (Å²) in [4.78, 5) is 22.7. The van der Waals surface area contributed by atoms with Gasteiger partial charge >= 0.3 is 5.91 Å². The van der Waals surface area contributed by atoms with E-state index in [2.05, 4.69) is 0 Å². The van der Waals surface area contributed by atoms with Crippen LogP contribution >= 0.6 is 0 Å². The number of hydrazine groups is 1. The molecule has 0 aliphatic carbocycles. The van der Waals surface area contributed by atoms with Gasteiger partial charge in [-0.25, -0.2) is 5.84 Å². The van der Waals surface area contributed by atoms with Gasteiger partial charge in [0.05, 0.1) is 0 Å². The van der Waals surface area contributed by atoms with E-state index in [1.54, 1.807) is 37.3 Å². The Morgan fingerprint density at radius 3 is 2.76 bits per heavy atom. The molecule has 1 amide bonds. The number of carbonyl (C=O) groups is 2. The quantitative estimate of drug-likeness (QED) is 0.379. The van der Waals surface area contributed by atoms with Crippen LogP contribution in [0.1, 0.15) is 39.2 Å². The molecular weight excluding hydrogens is 272 g/mol. The molecule has 0 spiro atoms. The maximum atomic E-state index is 11.4. The van der Waals surface area contributed by atoms with Gasteiger partial charge in [0.2, 0.25) is 0 Å². The maximum absolute atomic E-state index is 11.4. The SMILES string of the molecule is CC(=O)c1cccc(OCc2cc(C)c(C(=O)NN)o2)c1. The zero-order valence-corrected chi connectivity index (χ0v) is 11.8. The summed E-state index contributed by atoms with van der Waals surface area (Å²) in [5.74, 6) is 5.77. The molecule has 0 radical (unpaired) electrons. The zero-order chi connectivity index (χ0) is 15.4. The van der Waals surface area contributed by atoms with Crippen LogP contribution in [0.25, 0.3) is 0 Å². The molecule has 0 unspecified atom stereocenters. The van der Waals surface area contributed by atoms with Crippen molar-refractivity contribution in [1.82, 2.24) is 5.43 Å². The number of ether oxygens (including phenoxy) is 1. The molecule has 1 heterocycles. The number of furan rings is 1. The van der Waals surface area contributed by atoms with Crippen LogP contribution in [0.3, 0.4) is 0 Å². The van der Waals surface area contributed by atoms with Crippen molar-refractivity contribution >= 4 is 11.7 Å². The van der Waals surface area contributed by atoms with Crippen molar-refractivity contribution in [3.05, 3.63) is 53.0 Å². The number of Topliss-reactive ketones (excluding diaryl/α,β-unsaturated/α-hetero) is 1. The number of rotatable bonds is 5. The fourth-order valence-electron chi connectivity index (χ4n) is 1.87. The van der Waals surface area contributed by atoms with Crippen LogP contribution in [0, 0.1) is 6.92 Å². The number of nitrogens with two attached hydrogens (primary N) is 1. The summed E-state index contributed by atoms with van der Waals surface area (Å²) in [6, 6.07) is 8.57. The lowest BCUT2D eigenvalue weighted by atomic mass is 10.1. The van der Waals surface area contributed by atoms with E-state index < -0.39 is 5.91 Å². The number of ketones is 1. The van der Waals surface area contributed by atoms with E-state index in [1.807, 2.05) is 5.43 Å². The van der Waals surface area contributed by atoms with Gasteiger partial charge in [-0.15, -0.1) is 0 Å². The van der Waals surface area contributed by atoms with Gasteiger partial charge < -0.3 is 9.15 Å². The molecule has 6 heteroatoms. The van der Waals surface area contributed by atoms with Gasteiger partial charge in [0.15, 0.2) is 11.5 Å². The second kappa shape index (κ2) is 6.23. The average molecular weight is 288 g/mol. The average Bonchev–Trinajstić information content (AvgIpc) is 2.85. The van der Waals surface area contributed by atoms with Crippen molar-refractivity contribution in [2.24, 2.45) is 5.84 Å². The van der Waals surface area contributed by atoms with Crippen LogP contribution in [0.2, 0.25) is 0 Å². The number of benzene rings is 1. The summed E-state index contributed by atoms with van der Waals surface area (Å²) >= 11 is 0. The largest absolute Gasteiger partial charge is 0.486 e. The Kier molecular flexibility index (Phi) is 4.39. The summed E-state index contributed by atoms with van der Waals surface area (Å²) in [7, 11) is 0. The van der Waals surface area contributed by atoms with E-state index in [1.165, 1.54) is 6.92 Å². The van der Waals surface area contributed by atoms with Gasteiger partial charge in [0.1, 0.15) is 18.1 Å². The number of carbonyl (C=O) groups excluding carboxylic acids is 2. The van der Waals surface area contributed by atoms with Crippen molar-refractivity contribution in [3.63, 3.8) is 0 Å². The lowest BCUT2D eigenvalue weighted by Crippen LogP contribution is -2.30. The van der Waals surface area contributed by atoms with Crippen molar-refractivity contribution in [2.45, 2.75) is 20.5 Å². The Balaban J connectivity index is 2.08. The highest BCUT2D eigenvalue weighted by Gasteiger charge is 2.14. The van der Waals surface area contributed by atoms with E-state index >= 15 is 0 Å². The summed E-state index contributed by atoms with van der Waals surface area (Å²) < 4.78 is 10.9. The predicted molar refractivity (Wildman–Crippen MR) is 75.9 cm³/mol. The van der Waals surface area contributed by atoms with Crippen molar-refractivity contribution in [3.8, 4) is 5.75 Å². The first-order valence-electron chi connectivity index (χ1n) is 6.35. The summed E-state index contributed by atoms with van der Waals surface area (Å²) in [5, 5.41) is 0. The molecule has 0 fully saturated rings. The molecule has 0 saturated heterocycles. The monoisotopic (exact) mass is 288 g/mol. The normalized spacial score (nSPS) is 10.2. The standard InChI is InChI=1S/C15H16N2O4/c1-9-6-13(21-14(9)15(19)17-16)8-20-12-5-3-4-11(7-12)10(2)18/h3-7H,8,16H2,1-2H3,(H,17,19). The highest BCUT2D eigenvalue weighted by Crippen LogP contribution is 2.19. The minimum atomic E-state index is -0.489. The molecule has 0 aliphatic heterocycles. The minimum absolute atomic E-state index is 0.0313. The number of nitrogens with one attached hydrogen (secondary N) is 1. The molecule has 1 aromatic heterocycles. The van der Waals surface area contributed by atoms with Gasteiger partial charge in [0.25, 0.3) is 0 Å². The molecule has 2 rings (SSSR count). The Morgan fingerprint density at radius 1 is 1.33 bits per heavy atom. The molecule has 0 aliphatic rings. The number of nitrogen functional groups attached to an aromatic ring is 1. The first-order chi connectivity index (χ1) is 10.0. The molecule has 2 aromatic rings. The Bertz CT molecular complexity index is 676. The molecule has 0 bridgehead atoms. The van der Waals surface area contributed by atoms with E-state index in [0.717, 1.165) is 0 Å². The lowest BCUT2D eigenvalue weighted by Gasteiger charge is -2.05. The molecule has 6 nitrogen and oxygen atoms in total. The third kappa shape index (κ3) is 3.49. The second-order valence-electron chi connectivity index (χ2n) is 4.57. The maximum Gasteiger partial charge on any atom is 0.301 e. The molecule has 110 valence electrons. The fraction of sp³-hybridized carbons (Fsp3) is 0.200. The third-order valence-corrected chi connectivity index (χ3v) is 2.93. The summed E-state index contributed by atoms with van der Waals surface area (Å²) in [6.07, 6.45) is 0. The van der Waals surface area contributed by atoms with Gasteiger partial charge in [-0.05, 0) is 32.0 Å². The fourth-order valence-corrected chi connectivity index (χ4v) is 1.87. The van der Waals surface area contributed by atoms with Crippen molar-refractivity contribution in [1.29, 1.82) is 0 Å². The minimum Gasteiger partial charge on any atom is -0.486 e. The molecule has 0 atom stereocenters. The van der Waals surface area contributed by atoms with Crippen LogP contribution in [0.15, 0.2) is 34.7 Å². The smallest absolute Gasteiger partial charge is 0.301 e. The van der Waals surface area contributed by atoms with Crippen LogP contribution < -0.4 is 16.0 Å². The Labute approximate surface area is 121 Å². The van der Waals surface area contributed by atoms with E-state index in [4.69, 9.17) is 15.0 Å². The molecule has 0 saturated carbocycles. The van der Waals surface area contributed by atoms with Gasteiger partial charge in [-0.2, -0.15) is 0 Å². The number of amides is 1. The Hall–Kier alpha value is -2.60. The summed E-state index contributed by atoms with van der Waals surface area (Å²) in [6.45, 7) is 3.39. The molecule has 3 N–H and O–H groups in total. The highest BCUT2D eigenvalue weighted by atomic mass is 16.5. The first kappa shape index (κ1) is 14.8. The van der Waals surface area contributed by atoms with Crippen LogP contribution in [-0.2, 0) is 6.61 Å². The molecule has 21 heavy (non-hydrogen) atoms. The van der Waals surface area contributed by atoms with Crippen LogP contribution in [0.5, 0.6) is 5.75 Å². The van der Waals surface area contributed by atoms with E-state index in [9.17, 15) is 9.59 Å². The lowest BCUT2D eigenvalue weighted by molar-refractivity contribution is 0.0920. The second-order valence-corrected chi connectivity index (χ2v) is 4.57. The van der Waals surface area contributed by atoms with Crippen LogP contribution in [0.4, 0.5) is 0 Å². The predicted octanol–water partition coefficient (Wildman–Crippen LogP) is 1.97. The Morgan fingerprint density at radius 2 is 2.10 bits per heavy atom. The van der Waals surface area contributed by atoms with Gasteiger partial charge in [0, 0.05) is 11.1 Å². The number of hydrogen-bond donors (Lipinski definition) is 2. The molecular formula is C15H16N2O4. The summed E-state index contributed by atoms with van der Waals surface area (Å²) in [5.41, 5.74) is 3.27. The highest BCUT2D eigenvalue weighted by molar-refractivity contribution is 5.94. The zero-order valence-electron chi connectivity index (χ0n) is 11.8. The molecule has 1 aromatic carbocycles. The first-order valence-corrected chi connectivity index (χ1v) is 6.35. The topological polar surface area (TPSA) is 94.6 Å².